The molecular formula is C10H10O2. The van der Waals surface area contributed by atoms with Crippen LogP contribution in [0.3, 0.4) is 0 Å². The Morgan fingerprint density at radius 2 is 2.08 bits per heavy atom. The molecule has 62 valence electrons. The first-order chi connectivity index (χ1) is 5.83. The molecule has 1 N–H and O–H groups in total. The Bertz CT molecular complexity index is 261. The van der Waals surface area contributed by atoms with Crippen molar-refractivity contribution in [2.45, 2.75) is 6.10 Å². The summed E-state index contributed by atoms with van der Waals surface area (Å²) in [5, 5.41) is 8.96. The fraction of sp³-hybridized carbons (Fsp3) is 0.200. The molecule has 0 aliphatic heterocycles. The summed E-state index contributed by atoms with van der Waals surface area (Å²) in [6.45, 7) is 0.139. The molecule has 0 aliphatic rings. The van der Waals surface area contributed by atoms with Crippen LogP contribution in [0.15, 0.2) is 30.3 Å². The van der Waals surface area contributed by atoms with Gasteiger partial charge in [-0.2, -0.15) is 0 Å². The number of benzene rings is 1. The van der Waals surface area contributed by atoms with Gasteiger partial charge in [-0.1, -0.05) is 24.1 Å². The summed E-state index contributed by atoms with van der Waals surface area (Å²) in [4.78, 5) is 0. The maximum atomic E-state index is 8.96. The van der Waals surface area contributed by atoms with Crippen molar-refractivity contribution in [3.05, 3.63) is 30.3 Å². The number of terminal acetylenes is 1. The maximum Gasteiger partial charge on any atom is 0.148 e. The van der Waals surface area contributed by atoms with Gasteiger partial charge in [0, 0.05) is 0 Å². The van der Waals surface area contributed by atoms with E-state index in [1.165, 1.54) is 0 Å². The average molecular weight is 162 g/mol. The van der Waals surface area contributed by atoms with Crippen LogP contribution in [0.1, 0.15) is 0 Å². The van der Waals surface area contributed by atoms with E-state index in [2.05, 4.69) is 5.92 Å². The van der Waals surface area contributed by atoms with Crippen LogP contribution in [0.2, 0.25) is 0 Å². The van der Waals surface area contributed by atoms with Crippen molar-refractivity contribution < 1.29 is 9.84 Å². The third-order valence-electron chi connectivity index (χ3n) is 1.34. The van der Waals surface area contributed by atoms with Crippen LogP contribution in [0, 0.1) is 12.3 Å². The lowest BCUT2D eigenvalue weighted by Crippen LogP contribution is -2.14. The lowest BCUT2D eigenvalue weighted by molar-refractivity contribution is 0.151. The number of ether oxygens (including phenoxy) is 1. The molecule has 12 heavy (non-hydrogen) atoms. The summed E-state index contributed by atoms with van der Waals surface area (Å²) < 4.78 is 5.17. The van der Waals surface area contributed by atoms with Crippen LogP contribution in [-0.4, -0.2) is 17.8 Å². The fourth-order valence-electron chi connectivity index (χ4n) is 0.740. The molecule has 2 heteroatoms. The van der Waals surface area contributed by atoms with E-state index >= 15 is 0 Å². The average Bonchev–Trinajstić information content (AvgIpc) is 2.16. The molecule has 1 aromatic rings. The number of hydrogen-bond donors (Lipinski definition) is 1. The van der Waals surface area contributed by atoms with Gasteiger partial charge in [-0.3, -0.25) is 0 Å². The molecule has 0 amide bonds. The molecule has 0 bridgehead atoms. The smallest absolute Gasteiger partial charge is 0.148 e. The molecule has 1 aromatic carbocycles. The zero-order chi connectivity index (χ0) is 8.81. The van der Waals surface area contributed by atoms with Crippen LogP contribution < -0.4 is 4.74 Å². The Kier molecular flexibility index (Phi) is 3.18. The predicted octanol–water partition coefficient (Wildman–Crippen LogP) is 1.06. The Morgan fingerprint density at radius 1 is 1.42 bits per heavy atom. The van der Waals surface area contributed by atoms with Crippen molar-refractivity contribution >= 4 is 0 Å². The normalized spacial score (nSPS) is 11.7. The van der Waals surface area contributed by atoms with Crippen molar-refractivity contribution in [2.24, 2.45) is 0 Å². The fourth-order valence-corrected chi connectivity index (χ4v) is 0.740. The molecule has 0 heterocycles. The zero-order valence-electron chi connectivity index (χ0n) is 6.60. The van der Waals surface area contributed by atoms with Gasteiger partial charge in [0.25, 0.3) is 0 Å². The number of rotatable bonds is 3. The summed E-state index contributed by atoms with van der Waals surface area (Å²) in [6, 6.07) is 9.23. The topological polar surface area (TPSA) is 29.5 Å². The van der Waals surface area contributed by atoms with Gasteiger partial charge in [0.2, 0.25) is 0 Å². The van der Waals surface area contributed by atoms with Gasteiger partial charge in [-0.25, -0.2) is 0 Å². The summed E-state index contributed by atoms with van der Waals surface area (Å²) in [7, 11) is 0. The molecule has 1 unspecified atom stereocenters. The standard InChI is InChI=1S/C10H10O2/c1-2-9(11)8-12-10-6-4-3-5-7-10/h1,3-7,9,11H,8H2. The van der Waals surface area contributed by atoms with E-state index in [1.807, 2.05) is 30.3 Å². The highest BCUT2D eigenvalue weighted by atomic mass is 16.5. The van der Waals surface area contributed by atoms with Crippen LogP contribution in [0.5, 0.6) is 5.75 Å². The second-order valence-corrected chi connectivity index (χ2v) is 2.31. The first-order valence-electron chi connectivity index (χ1n) is 3.65. The molecule has 0 saturated carbocycles. The highest BCUT2D eigenvalue weighted by Gasteiger charge is 1.98. The monoisotopic (exact) mass is 162 g/mol. The minimum Gasteiger partial charge on any atom is -0.490 e. The molecule has 1 rings (SSSR count). The first kappa shape index (κ1) is 8.63. The van der Waals surface area contributed by atoms with Gasteiger partial charge in [0.05, 0.1) is 0 Å². The van der Waals surface area contributed by atoms with Gasteiger partial charge >= 0.3 is 0 Å². The van der Waals surface area contributed by atoms with Gasteiger partial charge in [0.15, 0.2) is 0 Å². The SMILES string of the molecule is C#CC(O)COc1ccccc1. The summed E-state index contributed by atoms with van der Waals surface area (Å²) in [5.41, 5.74) is 0. The van der Waals surface area contributed by atoms with Crippen LogP contribution in [0.25, 0.3) is 0 Å². The summed E-state index contributed by atoms with van der Waals surface area (Å²) in [5.74, 6) is 2.88. The predicted molar refractivity (Wildman–Crippen MR) is 46.8 cm³/mol. The third-order valence-corrected chi connectivity index (χ3v) is 1.34. The quantitative estimate of drug-likeness (QED) is 0.673. The van der Waals surface area contributed by atoms with Crippen LogP contribution in [0.4, 0.5) is 0 Å². The highest BCUT2D eigenvalue weighted by Crippen LogP contribution is 2.07. The first-order valence-corrected chi connectivity index (χ1v) is 3.65. The van der Waals surface area contributed by atoms with Crippen molar-refractivity contribution in [1.29, 1.82) is 0 Å². The molecule has 1 atom stereocenters. The Morgan fingerprint density at radius 3 is 2.67 bits per heavy atom. The van der Waals surface area contributed by atoms with Crippen LogP contribution >= 0.6 is 0 Å². The van der Waals surface area contributed by atoms with Crippen LogP contribution in [-0.2, 0) is 0 Å². The largest absolute Gasteiger partial charge is 0.490 e. The maximum absolute atomic E-state index is 8.96. The van der Waals surface area contributed by atoms with E-state index in [9.17, 15) is 0 Å². The second-order valence-electron chi connectivity index (χ2n) is 2.31. The van der Waals surface area contributed by atoms with E-state index in [0.717, 1.165) is 0 Å². The van der Waals surface area contributed by atoms with E-state index in [-0.39, 0.29) is 6.61 Å². The van der Waals surface area contributed by atoms with Crippen molar-refractivity contribution in [3.8, 4) is 18.1 Å². The lowest BCUT2D eigenvalue weighted by atomic mass is 10.3. The molecular weight excluding hydrogens is 152 g/mol. The van der Waals surface area contributed by atoms with Crippen molar-refractivity contribution in [1.82, 2.24) is 0 Å². The van der Waals surface area contributed by atoms with Gasteiger partial charge in [0.1, 0.15) is 18.5 Å². The van der Waals surface area contributed by atoms with Gasteiger partial charge in [-0.15, -0.1) is 6.42 Å². The summed E-state index contributed by atoms with van der Waals surface area (Å²) >= 11 is 0. The van der Waals surface area contributed by atoms with E-state index in [4.69, 9.17) is 16.3 Å². The van der Waals surface area contributed by atoms with E-state index in [1.54, 1.807) is 0 Å². The molecule has 2 nitrogen and oxygen atoms in total. The van der Waals surface area contributed by atoms with Gasteiger partial charge in [-0.05, 0) is 12.1 Å². The Hall–Kier alpha value is -1.46. The van der Waals surface area contributed by atoms with Crippen molar-refractivity contribution in [2.75, 3.05) is 6.61 Å². The van der Waals surface area contributed by atoms with E-state index < -0.39 is 6.10 Å². The number of aliphatic hydroxyl groups is 1. The Balaban J connectivity index is 2.40. The molecule has 0 fully saturated rings. The molecule has 0 aromatic heterocycles. The number of hydrogen-bond acceptors (Lipinski definition) is 2. The minimum atomic E-state index is -0.829. The molecule has 0 aliphatic carbocycles. The number of para-hydroxylation sites is 1. The Labute approximate surface area is 71.8 Å². The molecule has 0 spiro atoms. The highest BCUT2D eigenvalue weighted by molar-refractivity contribution is 5.21. The second kappa shape index (κ2) is 4.42. The zero-order valence-corrected chi connectivity index (χ0v) is 6.60. The van der Waals surface area contributed by atoms with Gasteiger partial charge < -0.3 is 9.84 Å². The molecule has 0 saturated heterocycles. The van der Waals surface area contributed by atoms with Crippen molar-refractivity contribution in [3.63, 3.8) is 0 Å². The van der Waals surface area contributed by atoms with E-state index in [0.29, 0.717) is 5.75 Å². The third kappa shape index (κ3) is 2.65. The number of aliphatic hydroxyl groups excluding tert-OH is 1. The minimum absolute atomic E-state index is 0.139. The molecule has 0 radical (unpaired) electrons. The summed E-state index contributed by atoms with van der Waals surface area (Å²) in [6.07, 6.45) is 4.13. The lowest BCUT2D eigenvalue weighted by Gasteiger charge is -2.06.